The minimum atomic E-state index is -2.85. The summed E-state index contributed by atoms with van der Waals surface area (Å²) in [6.45, 7) is 3.94. The van der Waals surface area contributed by atoms with Gasteiger partial charge in [-0.3, -0.25) is 0 Å². The molecule has 1 N–H and O–H groups in total. The van der Waals surface area contributed by atoms with E-state index >= 15 is 0 Å². The highest BCUT2D eigenvalue weighted by Crippen LogP contribution is 2.11. The second kappa shape index (κ2) is 5.12. The summed E-state index contributed by atoms with van der Waals surface area (Å²) in [6.07, 6.45) is 1.57. The Hall–Kier alpha value is -0.360. The molecule has 0 saturated carbocycles. The molecule has 1 heterocycles. The van der Waals surface area contributed by atoms with Crippen LogP contribution < -0.4 is 5.32 Å². The van der Waals surface area contributed by atoms with Crippen molar-refractivity contribution in [3.8, 4) is 0 Å². The van der Waals surface area contributed by atoms with Gasteiger partial charge in [-0.25, -0.2) is 8.42 Å². The maximum absolute atomic E-state index is 11.2. The molecule has 15 heavy (non-hydrogen) atoms. The van der Waals surface area contributed by atoms with E-state index in [9.17, 15) is 8.42 Å². The zero-order chi connectivity index (χ0) is 11.5. The molecule has 4 nitrogen and oxygen atoms in total. The maximum Gasteiger partial charge on any atom is 0.257 e. The van der Waals surface area contributed by atoms with E-state index in [1.807, 2.05) is 13.8 Å². The molecule has 0 bridgehead atoms. The van der Waals surface area contributed by atoms with Gasteiger partial charge in [0, 0.05) is 6.04 Å². The third-order valence-corrected chi connectivity index (χ3v) is 4.42. The summed E-state index contributed by atoms with van der Waals surface area (Å²) < 4.78 is 27.7. The molecule has 0 amide bonds. The van der Waals surface area contributed by atoms with Crippen LogP contribution in [0.2, 0.25) is 0 Å². The number of sulfone groups is 1. The van der Waals surface area contributed by atoms with Crippen molar-refractivity contribution in [2.45, 2.75) is 38.8 Å². The van der Waals surface area contributed by atoms with Gasteiger partial charge < -0.3 is 10.1 Å². The normalized spacial score (nSPS) is 25.9. The first-order valence-electron chi connectivity index (χ1n) is 5.10. The van der Waals surface area contributed by atoms with Crippen LogP contribution in [0.15, 0.2) is 0 Å². The first kappa shape index (κ1) is 12.7. The molecule has 88 valence electrons. The molecule has 0 unspecified atom stereocenters. The van der Waals surface area contributed by atoms with Crippen LogP contribution in [0, 0.1) is 0 Å². The average Bonchev–Trinajstić information content (AvgIpc) is 2.44. The lowest BCUT2D eigenvalue weighted by atomic mass is 10.3. The van der Waals surface area contributed by atoms with Crippen LogP contribution in [-0.4, -0.2) is 37.2 Å². The molecule has 0 aromatic rings. The van der Waals surface area contributed by atoms with Crippen LogP contribution in [0.5, 0.6) is 0 Å². The molecule has 0 aromatic carbocycles. The number of thiocarbonyl (C=S) groups is 1. The standard InChI is InChI=1S/C9H17NO3S2/c1-3-7(2)13-9(14)10-8-4-5-15(11,12)6-8/h7-8H,3-6H2,1-2H3,(H,10,14)/t7-,8+/m0/s1. The van der Waals surface area contributed by atoms with Crippen LogP contribution in [0.3, 0.4) is 0 Å². The van der Waals surface area contributed by atoms with E-state index in [0.717, 1.165) is 6.42 Å². The Labute approximate surface area is 96.3 Å². The fourth-order valence-corrected chi connectivity index (χ4v) is 3.38. The van der Waals surface area contributed by atoms with Crippen LogP contribution in [0.1, 0.15) is 26.7 Å². The third-order valence-electron chi connectivity index (χ3n) is 2.44. The van der Waals surface area contributed by atoms with Crippen LogP contribution in [0.4, 0.5) is 0 Å². The quantitative estimate of drug-likeness (QED) is 0.754. The molecule has 6 heteroatoms. The van der Waals surface area contributed by atoms with Gasteiger partial charge in [0.25, 0.3) is 5.17 Å². The summed E-state index contributed by atoms with van der Waals surface area (Å²) in [5, 5.41) is 3.24. The minimum absolute atomic E-state index is 0.0722. The molecule has 0 aromatic heterocycles. The summed E-state index contributed by atoms with van der Waals surface area (Å²) in [5.74, 6) is 0.410. The van der Waals surface area contributed by atoms with Gasteiger partial charge in [-0.1, -0.05) is 6.92 Å². The van der Waals surface area contributed by atoms with Crippen molar-refractivity contribution < 1.29 is 13.2 Å². The summed E-state index contributed by atoms with van der Waals surface area (Å²) in [6, 6.07) is -0.0773. The molecule has 1 rings (SSSR count). The summed E-state index contributed by atoms with van der Waals surface area (Å²) >= 11 is 4.98. The molecule has 1 fully saturated rings. The van der Waals surface area contributed by atoms with Crippen LogP contribution in [0.25, 0.3) is 0 Å². The molecule has 0 spiro atoms. The van der Waals surface area contributed by atoms with Gasteiger partial charge in [0.15, 0.2) is 9.84 Å². The van der Waals surface area contributed by atoms with Gasteiger partial charge >= 0.3 is 0 Å². The van der Waals surface area contributed by atoms with Gasteiger partial charge in [-0.15, -0.1) is 0 Å². The molecule has 2 atom stereocenters. The molecule has 1 aliphatic heterocycles. The maximum atomic E-state index is 11.2. The van der Waals surface area contributed by atoms with Gasteiger partial charge in [0.1, 0.15) is 0 Å². The first-order valence-corrected chi connectivity index (χ1v) is 7.33. The van der Waals surface area contributed by atoms with E-state index in [1.165, 1.54) is 0 Å². The second-order valence-corrected chi connectivity index (χ2v) is 6.47. The number of nitrogens with one attached hydrogen (secondary N) is 1. The Balaban J connectivity index is 2.34. The molecule has 0 radical (unpaired) electrons. The van der Waals surface area contributed by atoms with Crippen LogP contribution in [-0.2, 0) is 14.6 Å². The van der Waals surface area contributed by atoms with E-state index in [0.29, 0.717) is 11.6 Å². The van der Waals surface area contributed by atoms with Crippen molar-refractivity contribution in [1.82, 2.24) is 5.32 Å². The highest BCUT2D eigenvalue weighted by Gasteiger charge is 2.28. The first-order chi connectivity index (χ1) is 6.93. The van der Waals surface area contributed by atoms with Gasteiger partial charge in [-0.2, -0.15) is 0 Å². The third kappa shape index (κ3) is 4.34. The zero-order valence-corrected chi connectivity index (χ0v) is 10.7. The van der Waals surface area contributed by atoms with Crippen molar-refractivity contribution in [1.29, 1.82) is 0 Å². The lowest BCUT2D eigenvalue weighted by molar-refractivity contribution is 0.198. The molecule has 0 aliphatic carbocycles. The van der Waals surface area contributed by atoms with Crippen molar-refractivity contribution in [2.75, 3.05) is 11.5 Å². The van der Waals surface area contributed by atoms with Gasteiger partial charge in [0.2, 0.25) is 0 Å². The van der Waals surface area contributed by atoms with E-state index in [1.54, 1.807) is 0 Å². The Morgan fingerprint density at radius 3 is 2.80 bits per heavy atom. The van der Waals surface area contributed by atoms with Gasteiger partial charge in [-0.05, 0) is 32.0 Å². The van der Waals surface area contributed by atoms with Crippen molar-refractivity contribution in [2.24, 2.45) is 0 Å². The number of ether oxygens (including phenoxy) is 1. The molecular weight excluding hydrogens is 234 g/mol. The van der Waals surface area contributed by atoms with Crippen molar-refractivity contribution >= 4 is 27.2 Å². The summed E-state index contributed by atoms with van der Waals surface area (Å²) in [7, 11) is -2.85. The topological polar surface area (TPSA) is 55.4 Å². The van der Waals surface area contributed by atoms with E-state index in [-0.39, 0.29) is 23.7 Å². The zero-order valence-electron chi connectivity index (χ0n) is 9.02. The number of rotatable bonds is 3. The monoisotopic (exact) mass is 251 g/mol. The Kier molecular flexibility index (Phi) is 4.33. The van der Waals surface area contributed by atoms with E-state index < -0.39 is 9.84 Å². The summed E-state index contributed by atoms with van der Waals surface area (Å²) in [4.78, 5) is 0. The van der Waals surface area contributed by atoms with E-state index in [4.69, 9.17) is 17.0 Å². The van der Waals surface area contributed by atoms with Crippen LogP contribution >= 0.6 is 12.2 Å². The van der Waals surface area contributed by atoms with Gasteiger partial charge in [0.05, 0.1) is 17.6 Å². The fraction of sp³-hybridized carbons (Fsp3) is 0.889. The Bertz CT molecular complexity index is 326. The lowest BCUT2D eigenvalue weighted by Gasteiger charge is -2.17. The highest BCUT2D eigenvalue weighted by atomic mass is 32.2. The Morgan fingerprint density at radius 1 is 1.67 bits per heavy atom. The average molecular weight is 251 g/mol. The van der Waals surface area contributed by atoms with Crippen molar-refractivity contribution in [3.05, 3.63) is 0 Å². The SMILES string of the molecule is CC[C@H](C)OC(=S)N[C@@H]1CCS(=O)(=O)C1. The second-order valence-electron chi connectivity index (χ2n) is 3.87. The number of hydrogen-bond donors (Lipinski definition) is 1. The predicted octanol–water partition coefficient (Wildman–Crippen LogP) is 0.863. The largest absolute Gasteiger partial charge is 0.468 e. The molecule has 1 saturated heterocycles. The smallest absolute Gasteiger partial charge is 0.257 e. The fourth-order valence-electron chi connectivity index (χ4n) is 1.38. The predicted molar refractivity (Wildman–Crippen MR) is 63.6 cm³/mol. The van der Waals surface area contributed by atoms with E-state index in [2.05, 4.69) is 5.32 Å². The Morgan fingerprint density at radius 2 is 2.33 bits per heavy atom. The molecular formula is C9H17NO3S2. The minimum Gasteiger partial charge on any atom is -0.468 e. The number of hydrogen-bond acceptors (Lipinski definition) is 4. The molecule has 1 aliphatic rings. The lowest BCUT2D eigenvalue weighted by Crippen LogP contribution is -2.37. The van der Waals surface area contributed by atoms with Crippen molar-refractivity contribution in [3.63, 3.8) is 0 Å². The summed E-state index contributed by atoms with van der Waals surface area (Å²) in [5.41, 5.74) is 0. The highest BCUT2D eigenvalue weighted by molar-refractivity contribution is 7.91.